The Labute approximate surface area is 170 Å². The maximum Gasteiger partial charge on any atom is 0.391 e. The minimum absolute atomic E-state index is 0.00314. The summed E-state index contributed by atoms with van der Waals surface area (Å²) < 4.78 is 67.0. The monoisotopic (exact) mass is 437 g/mol. The van der Waals surface area contributed by atoms with Gasteiger partial charge in [-0.3, -0.25) is 9.93 Å². The third kappa shape index (κ3) is 5.59. The lowest BCUT2D eigenvalue weighted by Gasteiger charge is -2.42. The third-order valence-corrected chi connectivity index (χ3v) is 6.64. The number of hydrogen-bond donors (Lipinski definition) is 2. The van der Waals surface area contributed by atoms with Gasteiger partial charge in [-0.15, -0.1) is 0 Å². The van der Waals surface area contributed by atoms with E-state index in [0.29, 0.717) is 23.6 Å². The summed E-state index contributed by atoms with van der Waals surface area (Å²) in [6.45, 7) is 0. The molecule has 2 aliphatic carbocycles. The van der Waals surface area contributed by atoms with Crippen LogP contribution in [0.1, 0.15) is 44.9 Å². The summed E-state index contributed by atoms with van der Waals surface area (Å²) in [6.07, 6.45) is -2.91. The van der Waals surface area contributed by atoms with Gasteiger partial charge in [-0.05, 0) is 68.0 Å². The quantitative estimate of drug-likeness (QED) is 0.489. The van der Waals surface area contributed by atoms with E-state index in [1.165, 1.54) is 6.20 Å². The summed E-state index contributed by atoms with van der Waals surface area (Å²) in [5.74, 6) is -6.22. The molecule has 4 nitrogen and oxygen atoms in total. The standard InChI is InChI=1S/C19H24F5N3OS/c20-18(21)7-5-14(11-1-3-12(4-2-11)19(22,23)24)15(10-18)17(28)27-13-6-8-26-16(9-13)29-25/h6,8-9,11-12,14-15H,1-5,7,10,25H2,(H,26,27,28)/t11?,12?,14?,15-/m1/s1. The van der Waals surface area contributed by atoms with Crippen LogP contribution in [0.4, 0.5) is 27.6 Å². The number of carbonyl (C=O) groups is 1. The molecular formula is C19H24F5N3OS. The maximum absolute atomic E-state index is 14.1. The van der Waals surface area contributed by atoms with Crippen molar-refractivity contribution >= 4 is 23.5 Å². The summed E-state index contributed by atoms with van der Waals surface area (Å²) in [5, 5.41) is 8.59. The molecule has 2 fully saturated rings. The Morgan fingerprint density at radius 1 is 1.21 bits per heavy atom. The Balaban J connectivity index is 1.71. The Kier molecular flexibility index (Phi) is 6.72. The van der Waals surface area contributed by atoms with Crippen LogP contribution in [0.2, 0.25) is 0 Å². The van der Waals surface area contributed by atoms with Crippen molar-refractivity contribution in [1.29, 1.82) is 0 Å². The Morgan fingerprint density at radius 2 is 1.90 bits per heavy atom. The molecule has 0 aromatic carbocycles. The highest BCUT2D eigenvalue weighted by molar-refractivity contribution is 7.97. The first-order valence-corrected chi connectivity index (χ1v) is 10.6. The number of nitrogens with two attached hydrogens (primary N) is 1. The summed E-state index contributed by atoms with van der Waals surface area (Å²) in [6, 6.07) is 3.09. The molecule has 1 aromatic heterocycles. The number of carbonyl (C=O) groups excluding carboxylic acids is 1. The highest BCUT2D eigenvalue weighted by Crippen LogP contribution is 2.49. The summed E-state index contributed by atoms with van der Waals surface area (Å²) >= 11 is 0.896. The fourth-order valence-electron chi connectivity index (χ4n) is 4.67. The molecule has 0 radical (unpaired) electrons. The lowest BCUT2D eigenvalue weighted by molar-refractivity contribution is -0.186. The molecule has 2 atom stereocenters. The number of nitrogens with zero attached hydrogens (tertiary/aromatic N) is 1. The van der Waals surface area contributed by atoms with E-state index in [0.717, 1.165) is 11.9 Å². The second-order valence-electron chi connectivity index (χ2n) is 8.01. The molecule has 2 aliphatic rings. The van der Waals surface area contributed by atoms with Crippen LogP contribution in [-0.4, -0.2) is 23.0 Å². The second kappa shape index (κ2) is 8.75. The smallest absolute Gasteiger partial charge is 0.326 e. The van der Waals surface area contributed by atoms with Crippen molar-refractivity contribution in [3.63, 3.8) is 0 Å². The number of alkyl halides is 5. The minimum atomic E-state index is -4.22. The van der Waals surface area contributed by atoms with Gasteiger partial charge in [0.1, 0.15) is 5.03 Å². The average molecular weight is 437 g/mol. The Hall–Kier alpha value is -1.42. The number of nitrogens with one attached hydrogen (secondary N) is 1. The molecule has 2 saturated carbocycles. The van der Waals surface area contributed by atoms with Gasteiger partial charge in [-0.1, -0.05) is 0 Å². The fraction of sp³-hybridized carbons (Fsp3) is 0.684. The number of anilines is 1. The molecule has 1 amide bonds. The zero-order valence-corrected chi connectivity index (χ0v) is 16.5. The van der Waals surface area contributed by atoms with Crippen molar-refractivity contribution in [1.82, 2.24) is 4.98 Å². The van der Waals surface area contributed by atoms with Crippen LogP contribution in [0.3, 0.4) is 0 Å². The van der Waals surface area contributed by atoms with E-state index in [2.05, 4.69) is 10.3 Å². The molecule has 0 saturated heterocycles. The summed E-state index contributed by atoms with van der Waals surface area (Å²) in [4.78, 5) is 16.8. The van der Waals surface area contributed by atoms with Gasteiger partial charge in [0, 0.05) is 30.6 Å². The number of hydrogen-bond acceptors (Lipinski definition) is 4. The molecule has 10 heteroatoms. The largest absolute Gasteiger partial charge is 0.391 e. The lowest BCUT2D eigenvalue weighted by Crippen LogP contribution is -2.43. The van der Waals surface area contributed by atoms with Gasteiger partial charge in [0.15, 0.2) is 0 Å². The van der Waals surface area contributed by atoms with E-state index in [4.69, 9.17) is 5.14 Å². The highest BCUT2D eigenvalue weighted by Gasteiger charge is 2.49. The van der Waals surface area contributed by atoms with Crippen LogP contribution in [0.5, 0.6) is 0 Å². The molecule has 3 N–H and O–H groups in total. The molecule has 1 heterocycles. The van der Waals surface area contributed by atoms with Crippen LogP contribution in [0.15, 0.2) is 23.4 Å². The number of pyridine rings is 1. The molecule has 1 unspecified atom stereocenters. The van der Waals surface area contributed by atoms with Gasteiger partial charge >= 0.3 is 6.18 Å². The van der Waals surface area contributed by atoms with Gasteiger partial charge in [-0.2, -0.15) is 13.2 Å². The lowest BCUT2D eigenvalue weighted by atomic mass is 9.65. The van der Waals surface area contributed by atoms with Crippen LogP contribution in [0, 0.1) is 23.7 Å². The van der Waals surface area contributed by atoms with E-state index in [-0.39, 0.29) is 37.5 Å². The second-order valence-corrected chi connectivity index (χ2v) is 8.67. The molecule has 0 aliphatic heterocycles. The van der Waals surface area contributed by atoms with Gasteiger partial charge < -0.3 is 5.32 Å². The average Bonchev–Trinajstić information content (AvgIpc) is 2.67. The molecule has 1 aromatic rings. The summed E-state index contributed by atoms with van der Waals surface area (Å²) in [5.41, 5.74) is 0.409. The van der Waals surface area contributed by atoms with Crippen LogP contribution < -0.4 is 10.5 Å². The van der Waals surface area contributed by atoms with Crippen LogP contribution >= 0.6 is 11.9 Å². The van der Waals surface area contributed by atoms with E-state index < -0.39 is 36.3 Å². The number of halogens is 5. The zero-order valence-electron chi connectivity index (χ0n) is 15.7. The Bertz CT molecular complexity index is 722. The maximum atomic E-state index is 14.1. The van der Waals surface area contributed by atoms with Gasteiger partial charge in [-0.25, -0.2) is 13.8 Å². The van der Waals surface area contributed by atoms with E-state index in [1.54, 1.807) is 12.1 Å². The molecule has 0 spiro atoms. The van der Waals surface area contributed by atoms with Crippen molar-refractivity contribution in [3.05, 3.63) is 18.3 Å². The van der Waals surface area contributed by atoms with Crippen LogP contribution in [0.25, 0.3) is 0 Å². The minimum Gasteiger partial charge on any atom is -0.326 e. The van der Waals surface area contributed by atoms with Crippen LogP contribution in [-0.2, 0) is 4.79 Å². The molecular weight excluding hydrogens is 413 g/mol. The topological polar surface area (TPSA) is 68.0 Å². The summed E-state index contributed by atoms with van der Waals surface area (Å²) in [7, 11) is 0. The number of aromatic nitrogens is 1. The number of amides is 1. The van der Waals surface area contributed by atoms with Crippen molar-refractivity contribution in [3.8, 4) is 0 Å². The van der Waals surface area contributed by atoms with Gasteiger partial charge in [0.05, 0.1) is 5.92 Å². The predicted molar refractivity (Wildman–Crippen MR) is 100 cm³/mol. The van der Waals surface area contributed by atoms with E-state index >= 15 is 0 Å². The van der Waals surface area contributed by atoms with E-state index in [1.807, 2.05) is 0 Å². The van der Waals surface area contributed by atoms with Gasteiger partial charge in [0.2, 0.25) is 11.8 Å². The molecule has 0 bridgehead atoms. The van der Waals surface area contributed by atoms with E-state index in [9.17, 15) is 26.7 Å². The van der Waals surface area contributed by atoms with Crippen molar-refractivity contribution in [2.75, 3.05) is 5.32 Å². The molecule has 3 rings (SSSR count). The third-order valence-electron chi connectivity index (χ3n) is 6.18. The Morgan fingerprint density at radius 3 is 2.52 bits per heavy atom. The first kappa shape index (κ1) is 22.3. The first-order chi connectivity index (χ1) is 13.6. The van der Waals surface area contributed by atoms with Gasteiger partial charge in [0.25, 0.3) is 0 Å². The van der Waals surface area contributed by atoms with Crippen molar-refractivity contribution < 1.29 is 26.7 Å². The zero-order chi connectivity index (χ0) is 21.2. The van der Waals surface area contributed by atoms with Crippen molar-refractivity contribution in [2.24, 2.45) is 28.8 Å². The molecule has 29 heavy (non-hydrogen) atoms. The normalized spacial score (nSPS) is 30.0. The SMILES string of the molecule is NSc1cc(NC(=O)[C@@H]2CC(F)(F)CCC2C2CCC(C(F)(F)F)CC2)ccn1. The predicted octanol–water partition coefficient (Wildman–Crippen LogP) is 5.41. The van der Waals surface area contributed by atoms with Crippen molar-refractivity contribution in [2.45, 2.75) is 62.1 Å². The fourth-order valence-corrected chi connectivity index (χ4v) is 4.98. The molecule has 162 valence electrons. The highest BCUT2D eigenvalue weighted by atomic mass is 32.2. The number of rotatable bonds is 4. The first-order valence-electron chi connectivity index (χ1n) is 9.67.